The zero-order valence-electron chi connectivity index (χ0n) is 14.3. The van der Waals surface area contributed by atoms with E-state index in [0.29, 0.717) is 23.3 Å². The summed E-state index contributed by atoms with van der Waals surface area (Å²) in [5.74, 6) is 0.379. The lowest BCUT2D eigenvalue weighted by molar-refractivity contribution is 0.0977. The topological polar surface area (TPSA) is 34.1 Å². The lowest BCUT2D eigenvalue weighted by Crippen LogP contribution is -2.22. The average Bonchev–Trinajstić information content (AvgIpc) is 2.63. The first kappa shape index (κ1) is 19.8. The molecule has 0 saturated carbocycles. The van der Waals surface area contributed by atoms with Crippen LogP contribution in [0.3, 0.4) is 0 Å². The van der Waals surface area contributed by atoms with Gasteiger partial charge in [0.05, 0.1) is 0 Å². The highest BCUT2D eigenvalue weighted by Crippen LogP contribution is 2.36. The molecule has 2 atom stereocenters. The third-order valence-corrected chi connectivity index (χ3v) is 7.23. The molecule has 0 aliphatic carbocycles. The van der Waals surface area contributed by atoms with Crippen LogP contribution in [-0.2, 0) is 0 Å². The number of hydrogen-bond acceptors (Lipinski definition) is 3. The second-order valence-corrected chi connectivity index (χ2v) is 10.0. The minimum atomic E-state index is 0.190. The molecule has 0 amide bonds. The van der Waals surface area contributed by atoms with Crippen LogP contribution in [0.15, 0.2) is 57.5 Å². The molecule has 1 saturated heterocycles. The lowest BCUT2D eigenvalue weighted by Gasteiger charge is -2.28. The molecular weight excluding hydrogens is 476 g/mol. The molecule has 0 bridgehead atoms. The van der Waals surface area contributed by atoms with Gasteiger partial charge in [-0.15, -0.1) is 0 Å². The van der Waals surface area contributed by atoms with Gasteiger partial charge in [-0.05, 0) is 37.1 Å². The molecular formula is C21H20Br2O2S. The summed E-state index contributed by atoms with van der Waals surface area (Å²) in [4.78, 5) is 25.0. The van der Waals surface area contributed by atoms with Crippen LogP contribution in [0.2, 0.25) is 0 Å². The average molecular weight is 496 g/mol. The Kier molecular flexibility index (Phi) is 7.12. The quantitative estimate of drug-likeness (QED) is 0.417. The number of carbonyl (C=O) groups is 2. The largest absolute Gasteiger partial charge is 0.294 e. The van der Waals surface area contributed by atoms with Crippen LogP contribution < -0.4 is 0 Å². The number of halogens is 2. The standard InChI is InChI=1S/C21H20Br2O2S/c22-16-8-4-14(5-9-16)20(24)12-18-2-1-3-19(26-18)13-21(25)15-6-10-17(23)11-7-15/h4-11,18-19H,1-3,12-13H2/t18-,19+. The van der Waals surface area contributed by atoms with Crippen LogP contribution in [0.1, 0.15) is 52.8 Å². The molecule has 0 N–H and O–H groups in total. The van der Waals surface area contributed by atoms with Gasteiger partial charge in [0.15, 0.2) is 11.6 Å². The second-order valence-electron chi connectivity index (χ2n) is 6.58. The monoisotopic (exact) mass is 494 g/mol. The number of ketones is 2. The molecule has 1 fully saturated rings. The highest BCUT2D eigenvalue weighted by atomic mass is 79.9. The van der Waals surface area contributed by atoms with E-state index in [1.807, 2.05) is 60.3 Å². The SMILES string of the molecule is O=C(C[C@H]1CCC[C@@H](CC(=O)c2ccc(Br)cc2)S1)c1ccc(Br)cc1. The van der Waals surface area contributed by atoms with Crippen LogP contribution in [0.4, 0.5) is 0 Å². The third-order valence-electron chi connectivity index (χ3n) is 4.60. The molecule has 1 aliphatic rings. The van der Waals surface area contributed by atoms with E-state index in [0.717, 1.165) is 39.3 Å². The Hall–Kier alpha value is -0.910. The van der Waals surface area contributed by atoms with Crippen molar-refractivity contribution in [3.8, 4) is 0 Å². The number of rotatable bonds is 6. The molecule has 136 valence electrons. The van der Waals surface area contributed by atoms with Crippen LogP contribution in [0.5, 0.6) is 0 Å². The highest BCUT2D eigenvalue weighted by molar-refractivity contribution is 9.10. The Labute approximate surface area is 175 Å². The van der Waals surface area contributed by atoms with E-state index in [1.54, 1.807) is 0 Å². The van der Waals surface area contributed by atoms with Crippen molar-refractivity contribution >= 4 is 55.2 Å². The molecule has 26 heavy (non-hydrogen) atoms. The molecule has 5 heteroatoms. The van der Waals surface area contributed by atoms with Gasteiger partial charge >= 0.3 is 0 Å². The molecule has 1 heterocycles. The normalized spacial score (nSPS) is 19.9. The van der Waals surface area contributed by atoms with Crippen LogP contribution in [0.25, 0.3) is 0 Å². The van der Waals surface area contributed by atoms with E-state index in [1.165, 1.54) is 0 Å². The predicted octanol–water partition coefficient (Wildman–Crippen LogP) is 6.71. The fraction of sp³-hybridized carbons (Fsp3) is 0.333. The van der Waals surface area contributed by atoms with Crippen LogP contribution >= 0.6 is 43.6 Å². The van der Waals surface area contributed by atoms with Crippen molar-refractivity contribution in [2.45, 2.75) is 42.6 Å². The van der Waals surface area contributed by atoms with Crippen molar-refractivity contribution in [3.05, 3.63) is 68.6 Å². The van der Waals surface area contributed by atoms with E-state index in [-0.39, 0.29) is 11.6 Å². The van der Waals surface area contributed by atoms with Gasteiger partial charge < -0.3 is 0 Å². The number of benzene rings is 2. The fourth-order valence-corrected chi connectivity index (χ4v) is 5.38. The third kappa shape index (κ3) is 5.54. The van der Waals surface area contributed by atoms with E-state index in [9.17, 15) is 9.59 Å². The zero-order chi connectivity index (χ0) is 18.5. The number of thioether (sulfide) groups is 1. The van der Waals surface area contributed by atoms with E-state index in [2.05, 4.69) is 31.9 Å². The molecule has 1 aliphatic heterocycles. The lowest BCUT2D eigenvalue weighted by atomic mass is 10.00. The first-order valence-electron chi connectivity index (χ1n) is 8.74. The van der Waals surface area contributed by atoms with Gasteiger partial charge in [-0.3, -0.25) is 9.59 Å². The highest BCUT2D eigenvalue weighted by Gasteiger charge is 2.26. The van der Waals surface area contributed by atoms with Crippen molar-refractivity contribution in [2.75, 3.05) is 0 Å². The summed E-state index contributed by atoms with van der Waals surface area (Å²) < 4.78 is 1.96. The Balaban J connectivity index is 1.55. The van der Waals surface area contributed by atoms with Crippen molar-refractivity contribution in [1.29, 1.82) is 0 Å². The summed E-state index contributed by atoms with van der Waals surface area (Å²) in [5.41, 5.74) is 1.53. The Morgan fingerprint density at radius 3 is 1.54 bits per heavy atom. The van der Waals surface area contributed by atoms with Crippen LogP contribution in [0, 0.1) is 0 Å². The predicted molar refractivity (Wildman–Crippen MR) is 115 cm³/mol. The minimum absolute atomic E-state index is 0.190. The smallest absolute Gasteiger partial charge is 0.163 e. The molecule has 0 spiro atoms. The minimum Gasteiger partial charge on any atom is -0.294 e. The summed E-state index contributed by atoms with van der Waals surface area (Å²) in [6.45, 7) is 0. The fourth-order valence-electron chi connectivity index (χ4n) is 3.20. The first-order valence-corrected chi connectivity index (χ1v) is 11.3. The maximum Gasteiger partial charge on any atom is 0.163 e. The van der Waals surface area contributed by atoms with E-state index >= 15 is 0 Å². The maximum absolute atomic E-state index is 12.5. The second kappa shape index (κ2) is 9.34. The van der Waals surface area contributed by atoms with Gasteiger partial charge in [0.1, 0.15) is 0 Å². The van der Waals surface area contributed by atoms with Crippen molar-refractivity contribution in [1.82, 2.24) is 0 Å². The first-order chi connectivity index (χ1) is 12.5. The summed E-state index contributed by atoms with van der Waals surface area (Å²) in [6, 6.07) is 15.1. The number of Topliss-reactive ketones (excluding diaryl/α,β-unsaturated/α-hetero) is 2. The summed E-state index contributed by atoms with van der Waals surface area (Å²) >= 11 is 8.62. The Bertz CT molecular complexity index is 706. The molecule has 3 rings (SSSR count). The molecule has 2 aromatic carbocycles. The van der Waals surface area contributed by atoms with Gasteiger partial charge in [0, 0.05) is 43.4 Å². The molecule has 0 radical (unpaired) electrons. The van der Waals surface area contributed by atoms with Gasteiger partial charge in [-0.25, -0.2) is 0 Å². The van der Waals surface area contributed by atoms with E-state index in [4.69, 9.17) is 0 Å². The molecule has 2 aromatic rings. The van der Waals surface area contributed by atoms with Crippen molar-refractivity contribution in [3.63, 3.8) is 0 Å². The molecule has 0 unspecified atom stereocenters. The summed E-state index contributed by atoms with van der Waals surface area (Å²) in [7, 11) is 0. The van der Waals surface area contributed by atoms with Gasteiger partial charge in [-0.1, -0.05) is 62.5 Å². The number of hydrogen-bond donors (Lipinski definition) is 0. The Morgan fingerprint density at radius 1 is 0.769 bits per heavy atom. The van der Waals surface area contributed by atoms with Gasteiger partial charge in [-0.2, -0.15) is 11.8 Å². The summed E-state index contributed by atoms with van der Waals surface area (Å²) in [5, 5.41) is 0.616. The Morgan fingerprint density at radius 2 is 1.15 bits per heavy atom. The number of carbonyl (C=O) groups excluding carboxylic acids is 2. The van der Waals surface area contributed by atoms with Crippen molar-refractivity contribution in [2.24, 2.45) is 0 Å². The zero-order valence-corrected chi connectivity index (χ0v) is 18.3. The van der Waals surface area contributed by atoms with Crippen molar-refractivity contribution < 1.29 is 9.59 Å². The molecule has 2 nitrogen and oxygen atoms in total. The maximum atomic E-state index is 12.5. The van der Waals surface area contributed by atoms with Gasteiger partial charge in [0.2, 0.25) is 0 Å². The van der Waals surface area contributed by atoms with E-state index < -0.39 is 0 Å². The van der Waals surface area contributed by atoms with Gasteiger partial charge in [0.25, 0.3) is 0 Å². The van der Waals surface area contributed by atoms with Crippen LogP contribution in [-0.4, -0.2) is 22.1 Å². The molecule has 0 aromatic heterocycles. The summed E-state index contributed by atoms with van der Waals surface area (Å²) in [6.07, 6.45) is 4.29.